The minimum absolute atomic E-state index is 0.200. The van der Waals surface area contributed by atoms with Crippen LogP contribution in [0.25, 0.3) is 0 Å². The topological polar surface area (TPSA) is 0 Å². The van der Waals surface area contributed by atoms with Gasteiger partial charge in [0, 0.05) is 0 Å². The Morgan fingerprint density at radius 3 is 1.72 bits per heavy atom. The van der Waals surface area contributed by atoms with Gasteiger partial charge in [-0.15, -0.1) is 0 Å². The van der Waals surface area contributed by atoms with Crippen molar-refractivity contribution in [1.82, 2.24) is 0 Å². The van der Waals surface area contributed by atoms with Gasteiger partial charge in [0.15, 0.2) is 5.67 Å². The van der Waals surface area contributed by atoms with Crippen LogP contribution in [-0.4, -0.2) is 0 Å². The van der Waals surface area contributed by atoms with Crippen molar-refractivity contribution in [1.29, 1.82) is 0 Å². The Bertz CT molecular complexity index is 544. The molecule has 2 aromatic carbocycles. The first kappa shape index (κ1) is 10.7. The smallest absolute Gasteiger partial charge is 0.161 e. The molecule has 0 atom stereocenters. The first-order valence-corrected chi connectivity index (χ1v) is 7.03. The van der Waals surface area contributed by atoms with Gasteiger partial charge >= 0.3 is 0 Å². The summed E-state index contributed by atoms with van der Waals surface area (Å²) >= 11 is 3.89. The maximum atomic E-state index is 15.5. The van der Waals surface area contributed by atoms with Gasteiger partial charge in [-0.3, -0.25) is 0 Å². The maximum Gasteiger partial charge on any atom is 0.161 e. The Morgan fingerprint density at radius 2 is 1.22 bits per heavy atom. The number of benzene rings is 2. The summed E-state index contributed by atoms with van der Waals surface area (Å²) in [4.78, 5) is 0. The van der Waals surface area contributed by atoms with Crippen LogP contribution >= 0.6 is 15.9 Å². The average Bonchev–Trinajstić information content (AvgIpc) is 2.43. The molecule has 0 heterocycles. The molecule has 0 amide bonds. The van der Waals surface area contributed by atoms with E-state index in [0.717, 1.165) is 28.7 Å². The van der Waals surface area contributed by atoms with Crippen LogP contribution in [0.5, 0.6) is 0 Å². The molecule has 3 aliphatic carbocycles. The van der Waals surface area contributed by atoms with E-state index in [4.69, 9.17) is 0 Å². The normalized spacial score (nSPS) is 31.9. The summed E-state index contributed by atoms with van der Waals surface area (Å²) in [6.07, 6.45) is 1.38. The van der Waals surface area contributed by atoms with Gasteiger partial charge in [0.05, 0.1) is 4.32 Å². The van der Waals surface area contributed by atoms with Crippen LogP contribution in [0.2, 0.25) is 0 Å². The molecule has 2 heteroatoms. The lowest BCUT2D eigenvalue weighted by Crippen LogP contribution is -2.43. The summed E-state index contributed by atoms with van der Waals surface area (Å²) in [5.41, 5.74) is 2.57. The third-order valence-electron chi connectivity index (χ3n) is 4.38. The van der Waals surface area contributed by atoms with Crippen molar-refractivity contribution in [2.45, 2.75) is 22.8 Å². The largest absolute Gasteiger partial charge is 0.233 e. The Balaban J connectivity index is 2.16. The SMILES string of the molecule is FC12CCC(Br)(c3ccccc31)c1ccccc12. The van der Waals surface area contributed by atoms with Crippen molar-refractivity contribution < 1.29 is 4.39 Å². The molecule has 0 aromatic heterocycles. The first-order valence-electron chi connectivity index (χ1n) is 6.24. The zero-order chi connectivity index (χ0) is 12.4. The van der Waals surface area contributed by atoms with E-state index in [1.807, 2.05) is 48.5 Å². The molecule has 0 nitrogen and oxygen atoms in total. The molecular weight excluding hydrogens is 291 g/mol. The standard InChI is InChI=1S/C16H12BrF/c17-15-9-10-16(18,13-7-3-1-5-11(13)15)14-8-4-2-6-12(14)15/h1-8H,9-10H2. The minimum Gasteiger partial charge on any atom is -0.233 e. The highest BCUT2D eigenvalue weighted by atomic mass is 79.9. The number of fused-ring (bicyclic) bond motifs is 1. The Hall–Kier alpha value is -1.15. The molecule has 0 saturated carbocycles. The summed E-state index contributed by atoms with van der Waals surface area (Å²) in [5.74, 6) is 0. The first-order chi connectivity index (χ1) is 8.66. The molecule has 5 rings (SSSR count). The van der Waals surface area contributed by atoms with Crippen LogP contribution in [0.4, 0.5) is 4.39 Å². The van der Waals surface area contributed by atoms with Crippen molar-refractivity contribution >= 4 is 15.9 Å². The summed E-state index contributed by atoms with van der Waals surface area (Å²) < 4.78 is 15.3. The number of hydrogen-bond acceptors (Lipinski definition) is 0. The molecule has 0 N–H and O–H groups in total. The third-order valence-corrected chi connectivity index (χ3v) is 5.63. The molecule has 0 radical (unpaired) electrons. The zero-order valence-corrected chi connectivity index (χ0v) is 11.4. The average molecular weight is 303 g/mol. The highest BCUT2D eigenvalue weighted by molar-refractivity contribution is 9.09. The number of halogens is 2. The quantitative estimate of drug-likeness (QED) is 0.622. The molecule has 0 fully saturated rings. The maximum absolute atomic E-state index is 15.5. The lowest BCUT2D eigenvalue weighted by molar-refractivity contribution is 0.162. The van der Waals surface area contributed by atoms with Crippen molar-refractivity contribution in [2.24, 2.45) is 0 Å². The molecule has 3 aliphatic rings. The van der Waals surface area contributed by atoms with Crippen molar-refractivity contribution in [3.05, 3.63) is 70.8 Å². The van der Waals surface area contributed by atoms with Gasteiger partial charge in [-0.1, -0.05) is 64.5 Å². The van der Waals surface area contributed by atoms with Crippen LogP contribution in [-0.2, 0) is 9.99 Å². The van der Waals surface area contributed by atoms with E-state index in [1.165, 1.54) is 0 Å². The second-order valence-corrected chi connectivity index (χ2v) is 6.55. The number of alkyl halides is 2. The zero-order valence-electron chi connectivity index (χ0n) is 9.79. The van der Waals surface area contributed by atoms with E-state index in [1.54, 1.807) is 0 Å². The van der Waals surface area contributed by atoms with Crippen molar-refractivity contribution in [2.75, 3.05) is 0 Å². The van der Waals surface area contributed by atoms with Gasteiger partial charge < -0.3 is 0 Å². The number of hydrogen-bond donors (Lipinski definition) is 0. The fourth-order valence-corrected chi connectivity index (χ4v) is 4.41. The predicted molar refractivity (Wildman–Crippen MR) is 73.7 cm³/mol. The van der Waals surface area contributed by atoms with E-state index in [0.29, 0.717) is 6.42 Å². The molecule has 18 heavy (non-hydrogen) atoms. The lowest BCUT2D eigenvalue weighted by atomic mass is 9.62. The molecule has 0 aliphatic heterocycles. The second-order valence-electron chi connectivity index (χ2n) is 5.19. The van der Waals surface area contributed by atoms with E-state index in [2.05, 4.69) is 15.9 Å². The minimum atomic E-state index is -1.30. The van der Waals surface area contributed by atoms with E-state index in [9.17, 15) is 0 Å². The predicted octanol–water partition coefficient (Wildman–Crippen LogP) is 4.65. The van der Waals surface area contributed by atoms with Crippen molar-refractivity contribution in [3.63, 3.8) is 0 Å². The summed E-state index contributed by atoms with van der Waals surface area (Å²) in [5, 5.41) is 0. The molecular formula is C16H12BrF. The summed E-state index contributed by atoms with van der Waals surface area (Å²) in [6, 6.07) is 15.8. The molecule has 0 unspecified atom stereocenters. The highest BCUT2D eigenvalue weighted by Crippen LogP contribution is 2.62. The monoisotopic (exact) mass is 302 g/mol. The van der Waals surface area contributed by atoms with Crippen LogP contribution in [0.1, 0.15) is 35.1 Å². The van der Waals surface area contributed by atoms with Gasteiger partial charge in [-0.2, -0.15) is 0 Å². The summed E-state index contributed by atoms with van der Waals surface area (Å²) in [7, 11) is 0. The highest BCUT2D eigenvalue weighted by Gasteiger charge is 2.54. The molecule has 0 saturated heterocycles. The molecule has 90 valence electrons. The fraction of sp³-hybridized carbons (Fsp3) is 0.250. The van der Waals surface area contributed by atoms with E-state index in [-0.39, 0.29) is 4.32 Å². The van der Waals surface area contributed by atoms with Crippen LogP contribution < -0.4 is 0 Å². The van der Waals surface area contributed by atoms with Crippen LogP contribution in [0.3, 0.4) is 0 Å². The fourth-order valence-electron chi connectivity index (χ4n) is 3.52. The van der Waals surface area contributed by atoms with Gasteiger partial charge in [0.25, 0.3) is 0 Å². The Kier molecular flexibility index (Phi) is 1.93. The Labute approximate surface area is 114 Å². The van der Waals surface area contributed by atoms with Gasteiger partial charge in [-0.05, 0) is 35.1 Å². The Morgan fingerprint density at radius 1 is 0.778 bits per heavy atom. The molecule has 2 bridgehead atoms. The third kappa shape index (κ3) is 1.06. The van der Waals surface area contributed by atoms with Gasteiger partial charge in [0.2, 0.25) is 0 Å². The molecule has 2 aromatic rings. The van der Waals surface area contributed by atoms with E-state index >= 15 is 4.39 Å². The van der Waals surface area contributed by atoms with Crippen LogP contribution in [0, 0.1) is 0 Å². The number of rotatable bonds is 0. The molecule has 0 spiro atoms. The van der Waals surface area contributed by atoms with Gasteiger partial charge in [0.1, 0.15) is 0 Å². The lowest BCUT2D eigenvalue weighted by Gasteiger charge is -2.49. The summed E-state index contributed by atoms with van der Waals surface area (Å²) in [6.45, 7) is 0. The van der Waals surface area contributed by atoms with E-state index < -0.39 is 5.67 Å². The van der Waals surface area contributed by atoms with Gasteiger partial charge in [-0.25, -0.2) is 4.39 Å². The van der Waals surface area contributed by atoms with Crippen LogP contribution in [0.15, 0.2) is 48.5 Å². The van der Waals surface area contributed by atoms with Crippen molar-refractivity contribution in [3.8, 4) is 0 Å². The second kappa shape index (κ2) is 3.24.